The molecular formula is C17H18F2N4O3S. The fourth-order valence-corrected chi connectivity index (χ4v) is 4.34. The molecule has 1 aromatic carbocycles. The summed E-state index contributed by atoms with van der Waals surface area (Å²) in [6.45, 7) is 0.183. The SMILES string of the molecule is Cn1cc(/C=C/C(=O)N2CCN(S(=O)(=O)c3c(F)cccc3F)CC2)cn1. The maximum Gasteiger partial charge on any atom is 0.249 e. The number of benzene rings is 1. The van der Waals surface area contributed by atoms with E-state index in [1.165, 1.54) is 11.0 Å². The smallest absolute Gasteiger partial charge is 0.249 e. The van der Waals surface area contributed by atoms with Gasteiger partial charge in [0, 0.05) is 51.1 Å². The van der Waals surface area contributed by atoms with Crippen LogP contribution in [0, 0.1) is 11.6 Å². The van der Waals surface area contributed by atoms with Gasteiger partial charge in [-0.15, -0.1) is 0 Å². The van der Waals surface area contributed by atoms with Crippen molar-refractivity contribution >= 4 is 22.0 Å². The Kier molecular flexibility index (Phi) is 5.38. The lowest BCUT2D eigenvalue weighted by atomic mass is 10.3. The molecule has 0 saturated carbocycles. The van der Waals surface area contributed by atoms with Gasteiger partial charge in [-0.05, 0) is 18.2 Å². The Hall–Kier alpha value is -2.59. The molecule has 0 aliphatic carbocycles. The molecule has 0 atom stereocenters. The number of aromatic nitrogens is 2. The van der Waals surface area contributed by atoms with Gasteiger partial charge in [-0.1, -0.05) is 6.07 Å². The van der Waals surface area contributed by atoms with E-state index in [9.17, 15) is 22.0 Å². The molecular weight excluding hydrogens is 378 g/mol. The van der Waals surface area contributed by atoms with E-state index < -0.39 is 26.6 Å². The van der Waals surface area contributed by atoms with Crippen LogP contribution in [0.4, 0.5) is 8.78 Å². The number of aryl methyl sites for hydroxylation is 1. The summed E-state index contributed by atoms with van der Waals surface area (Å²) in [6, 6.07) is 2.91. The number of sulfonamides is 1. The first-order chi connectivity index (χ1) is 12.8. The Morgan fingerprint density at radius 3 is 2.33 bits per heavy atom. The van der Waals surface area contributed by atoms with Gasteiger partial charge in [-0.2, -0.15) is 9.40 Å². The van der Waals surface area contributed by atoms with Gasteiger partial charge in [0.05, 0.1) is 6.20 Å². The fourth-order valence-electron chi connectivity index (χ4n) is 2.81. The topological polar surface area (TPSA) is 75.5 Å². The minimum atomic E-state index is -4.31. The Morgan fingerprint density at radius 2 is 1.78 bits per heavy atom. The van der Waals surface area contributed by atoms with E-state index >= 15 is 0 Å². The summed E-state index contributed by atoms with van der Waals surface area (Å²) in [5.74, 6) is -2.53. The molecule has 2 heterocycles. The van der Waals surface area contributed by atoms with Crippen molar-refractivity contribution < 1.29 is 22.0 Å². The molecule has 0 spiro atoms. The molecule has 1 aliphatic heterocycles. The summed E-state index contributed by atoms with van der Waals surface area (Å²) >= 11 is 0. The predicted octanol–water partition coefficient (Wildman–Crippen LogP) is 1.24. The summed E-state index contributed by atoms with van der Waals surface area (Å²) in [4.78, 5) is 12.8. The number of carbonyl (C=O) groups is 1. The molecule has 1 aromatic heterocycles. The van der Waals surface area contributed by atoms with Crippen molar-refractivity contribution in [2.75, 3.05) is 26.2 Å². The minimum Gasteiger partial charge on any atom is -0.337 e. The minimum absolute atomic E-state index is 0.0391. The van der Waals surface area contributed by atoms with Gasteiger partial charge in [0.25, 0.3) is 0 Å². The number of hydrogen-bond donors (Lipinski definition) is 0. The largest absolute Gasteiger partial charge is 0.337 e. The number of carbonyl (C=O) groups excluding carboxylic acids is 1. The number of rotatable bonds is 4. The van der Waals surface area contributed by atoms with Gasteiger partial charge in [0.15, 0.2) is 4.90 Å². The molecule has 3 rings (SSSR count). The highest BCUT2D eigenvalue weighted by molar-refractivity contribution is 7.89. The monoisotopic (exact) mass is 396 g/mol. The molecule has 0 radical (unpaired) electrons. The maximum atomic E-state index is 13.8. The van der Waals surface area contributed by atoms with Crippen LogP contribution in [0.25, 0.3) is 6.08 Å². The van der Waals surface area contributed by atoms with Gasteiger partial charge in [-0.3, -0.25) is 9.48 Å². The number of piperazine rings is 1. The van der Waals surface area contributed by atoms with Gasteiger partial charge in [-0.25, -0.2) is 17.2 Å². The molecule has 0 unspecified atom stereocenters. The second-order valence-electron chi connectivity index (χ2n) is 6.06. The van der Waals surface area contributed by atoms with Crippen molar-refractivity contribution in [3.63, 3.8) is 0 Å². The molecule has 1 amide bonds. The second-order valence-corrected chi connectivity index (χ2v) is 7.94. The molecule has 27 heavy (non-hydrogen) atoms. The Balaban J connectivity index is 1.66. The van der Waals surface area contributed by atoms with Crippen LogP contribution in [-0.2, 0) is 21.9 Å². The highest BCUT2D eigenvalue weighted by Gasteiger charge is 2.33. The third-order valence-corrected chi connectivity index (χ3v) is 6.16. The Morgan fingerprint density at radius 1 is 1.15 bits per heavy atom. The van der Waals surface area contributed by atoms with Crippen molar-refractivity contribution in [3.05, 3.63) is 53.9 Å². The van der Waals surface area contributed by atoms with Crippen LogP contribution >= 0.6 is 0 Å². The first kappa shape index (κ1) is 19.2. The van der Waals surface area contributed by atoms with E-state index in [-0.39, 0.29) is 32.1 Å². The van der Waals surface area contributed by atoms with E-state index in [0.717, 1.165) is 28.1 Å². The summed E-state index contributed by atoms with van der Waals surface area (Å²) in [6.07, 6.45) is 6.36. The lowest BCUT2D eigenvalue weighted by molar-refractivity contribution is -0.127. The normalized spacial score (nSPS) is 16.2. The van der Waals surface area contributed by atoms with Crippen LogP contribution in [0.3, 0.4) is 0 Å². The molecule has 144 valence electrons. The van der Waals surface area contributed by atoms with Crippen molar-refractivity contribution in [1.82, 2.24) is 19.0 Å². The molecule has 1 fully saturated rings. The molecule has 0 bridgehead atoms. The van der Waals surface area contributed by atoms with Gasteiger partial charge in [0.1, 0.15) is 11.6 Å². The zero-order valence-corrected chi connectivity index (χ0v) is 15.4. The molecule has 7 nitrogen and oxygen atoms in total. The first-order valence-electron chi connectivity index (χ1n) is 8.19. The number of halogens is 2. The van der Waals surface area contributed by atoms with E-state index in [1.807, 2.05) is 0 Å². The molecule has 2 aromatic rings. The zero-order valence-electron chi connectivity index (χ0n) is 14.5. The summed E-state index contributed by atoms with van der Waals surface area (Å²) in [7, 11) is -2.55. The molecule has 1 aliphatic rings. The average Bonchev–Trinajstić information content (AvgIpc) is 3.05. The van der Waals surface area contributed by atoms with Crippen LogP contribution in [-0.4, -0.2) is 59.5 Å². The lowest BCUT2D eigenvalue weighted by Crippen LogP contribution is -2.50. The van der Waals surface area contributed by atoms with Crippen LogP contribution < -0.4 is 0 Å². The van der Waals surface area contributed by atoms with Crippen molar-refractivity contribution in [3.8, 4) is 0 Å². The second kappa shape index (κ2) is 7.57. The van der Waals surface area contributed by atoms with Crippen LogP contribution in [0.15, 0.2) is 41.6 Å². The summed E-state index contributed by atoms with van der Waals surface area (Å²) in [5.41, 5.74) is 0.766. The predicted molar refractivity (Wildman–Crippen MR) is 93.9 cm³/mol. The Bertz CT molecular complexity index is 960. The highest BCUT2D eigenvalue weighted by atomic mass is 32.2. The standard InChI is InChI=1S/C17H18F2N4O3S/c1-21-12-13(11-20-21)5-6-16(24)22-7-9-23(10-8-22)27(25,26)17-14(18)3-2-4-15(17)19/h2-6,11-12H,7-10H2,1H3/b6-5+. The third kappa shape index (κ3) is 4.06. The lowest BCUT2D eigenvalue weighted by Gasteiger charge is -2.33. The van der Waals surface area contributed by atoms with Crippen molar-refractivity contribution in [2.24, 2.45) is 7.05 Å². The maximum absolute atomic E-state index is 13.8. The zero-order chi connectivity index (χ0) is 19.6. The van der Waals surface area contributed by atoms with Gasteiger partial charge in [0.2, 0.25) is 15.9 Å². The average molecular weight is 396 g/mol. The molecule has 0 N–H and O–H groups in total. The number of hydrogen-bond acceptors (Lipinski definition) is 4. The van der Waals surface area contributed by atoms with Gasteiger partial charge < -0.3 is 4.90 Å². The number of amides is 1. The van der Waals surface area contributed by atoms with E-state index in [4.69, 9.17) is 0 Å². The van der Waals surface area contributed by atoms with Crippen molar-refractivity contribution in [2.45, 2.75) is 4.90 Å². The number of nitrogens with zero attached hydrogens (tertiary/aromatic N) is 4. The van der Waals surface area contributed by atoms with Crippen LogP contribution in [0.1, 0.15) is 5.56 Å². The first-order valence-corrected chi connectivity index (χ1v) is 9.63. The van der Waals surface area contributed by atoms with Crippen molar-refractivity contribution in [1.29, 1.82) is 0 Å². The summed E-state index contributed by atoms with van der Waals surface area (Å²) < 4.78 is 55.4. The van der Waals surface area contributed by atoms with E-state index in [1.54, 1.807) is 30.2 Å². The van der Waals surface area contributed by atoms with E-state index in [2.05, 4.69) is 5.10 Å². The van der Waals surface area contributed by atoms with E-state index in [0.29, 0.717) is 0 Å². The fraction of sp³-hybridized carbons (Fsp3) is 0.294. The molecule has 10 heteroatoms. The van der Waals surface area contributed by atoms with Crippen LogP contribution in [0.5, 0.6) is 0 Å². The summed E-state index contributed by atoms with van der Waals surface area (Å²) in [5, 5.41) is 3.99. The quantitative estimate of drug-likeness (QED) is 0.729. The van der Waals surface area contributed by atoms with Crippen LogP contribution in [0.2, 0.25) is 0 Å². The third-order valence-electron chi connectivity index (χ3n) is 4.21. The van der Waals surface area contributed by atoms with Gasteiger partial charge >= 0.3 is 0 Å². The molecule has 1 saturated heterocycles. The highest BCUT2D eigenvalue weighted by Crippen LogP contribution is 2.23. The Labute approximate surface area is 155 Å².